The summed E-state index contributed by atoms with van der Waals surface area (Å²) >= 11 is 12.5. The SMILES string of the molecule is O=BC=NCCCN[C@H](Cc1ccc(Cl)cc1Cl)C(=O)N1CCN(C2CCCCCC2C=O)CC1. The van der Waals surface area contributed by atoms with Gasteiger partial charge < -0.3 is 4.79 Å². The number of amides is 1. The Kier molecular flexibility index (Phi) is 11.9. The number of nitrogens with zero attached hydrogens (tertiary/aromatic N) is 3. The van der Waals surface area contributed by atoms with Crippen LogP contribution in [0.5, 0.6) is 0 Å². The second kappa shape index (κ2) is 14.8. The Bertz CT molecular complexity index is 880. The summed E-state index contributed by atoms with van der Waals surface area (Å²) in [6.07, 6.45) is 9.08. The average molecular weight is 521 g/mol. The number of rotatable bonds is 11. The molecule has 2 unspecified atom stereocenters. The van der Waals surface area contributed by atoms with Crippen LogP contribution in [0.4, 0.5) is 0 Å². The Morgan fingerprint density at radius 3 is 2.66 bits per heavy atom. The number of piperazine rings is 1. The third-order valence-corrected chi connectivity index (χ3v) is 7.65. The van der Waals surface area contributed by atoms with E-state index in [9.17, 15) is 14.3 Å². The summed E-state index contributed by atoms with van der Waals surface area (Å²) in [5.41, 5.74) is 0.867. The second-order valence-corrected chi connectivity index (χ2v) is 10.2. The van der Waals surface area contributed by atoms with Gasteiger partial charge in [-0.3, -0.25) is 0 Å². The first-order chi connectivity index (χ1) is 17.0. The standard InChI is InChI=1S/C25H35BCl2N4O3/c27-21-8-7-19(22(28)16-21)15-23(30-10-4-9-29-18-26-35)25(34)32-13-11-31(12-14-32)24-6-3-1-2-5-20(24)17-33/h7-8,16-18,20,23-24,30H,1-6,9-15H2/t20?,23-,24?/m1/s1. The molecule has 1 aliphatic carbocycles. The van der Waals surface area contributed by atoms with Gasteiger partial charge in [-0.2, -0.15) is 0 Å². The molecular formula is C25H35BCl2N4O3. The van der Waals surface area contributed by atoms with Crippen LogP contribution in [0, 0.1) is 5.92 Å². The number of aliphatic imine (C=N–C) groups is 1. The Hall–Kier alpha value is -1.61. The number of hydrogen-bond donors (Lipinski definition) is 1. The van der Waals surface area contributed by atoms with E-state index in [1.807, 2.05) is 11.0 Å². The fourth-order valence-electron chi connectivity index (χ4n) is 5.14. The summed E-state index contributed by atoms with van der Waals surface area (Å²) in [4.78, 5) is 33.6. The molecule has 2 fully saturated rings. The van der Waals surface area contributed by atoms with Crippen molar-refractivity contribution in [2.45, 2.75) is 57.0 Å². The molecule has 190 valence electrons. The fourth-order valence-corrected chi connectivity index (χ4v) is 5.63. The van der Waals surface area contributed by atoms with Crippen molar-refractivity contribution in [3.05, 3.63) is 33.8 Å². The predicted octanol–water partition coefficient (Wildman–Crippen LogP) is 3.25. The number of halogens is 2. The van der Waals surface area contributed by atoms with Crippen LogP contribution in [-0.2, 0) is 20.7 Å². The van der Waals surface area contributed by atoms with E-state index < -0.39 is 6.04 Å². The molecule has 0 radical (unpaired) electrons. The molecule has 35 heavy (non-hydrogen) atoms. The Morgan fingerprint density at radius 1 is 1.17 bits per heavy atom. The van der Waals surface area contributed by atoms with Gasteiger partial charge >= 0.3 is 152 Å². The average Bonchev–Trinajstić information content (AvgIpc) is 3.12. The molecule has 0 aromatic heterocycles. The molecule has 1 amide bonds. The van der Waals surface area contributed by atoms with Crippen molar-refractivity contribution in [3.8, 4) is 0 Å². The van der Waals surface area contributed by atoms with Gasteiger partial charge in [-0.05, 0) is 12.8 Å². The number of benzene rings is 1. The van der Waals surface area contributed by atoms with Crippen molar-refractivity contribution < 1.29 is 14.3 Å². The van der Waals surface area contributed by atoms with Crippen molar-refractivity contribution in [2.24, 2.45) is 10.9 Å². The summed E-state index contributed by atoms with van der Waals surface area (Å²) in [7, 11) is 0.661. The summed E-state index contributed by atoms with van der Waals surface area (Å²) in [6.45, 7) is 3.99. The van der Waals surface area contributed by atoms with E-state index in [-0.39, 0.29) is 11.8 Å². The number of hydrogen-bond acceptors (Lipinski definition) is 6. The molecule has 7 nitrogen and oxygen atoms in total. The number of carbonyl (C=O) groups excluding carboxylic acids is 2. The Labute approximate surface area is 218 Å². The summed E-state index contributed by atoms with van der Waals surface area (Å²) in [6, 6.07) is 5.22. The van der Waals surface area contributed by atoms with Gasteiger partial charge in [0.15, 0.2) is 0 Å². The maximum atomic E-state index is 13.5. The van der Waals surface area contributed by atoms with Crippen LogP contribution in [0.15, 0.2) is 23.2 Å². The molecule has 1 heterocycles. The third kappa shape index (κ3) is 8.48. The van der Waals surface area contributed by atoms with Crippen LogP contribution < -0.4 is 5.32 Å². The topological polar surface area (TPSA) is 82.1 Å². The predicted molar refractivity (Wildman–Crippen MR) is 141 cm³/mol. The van der Waals surface area contributed by atoms with Crippen LogP contribution in [0.3, 0.4) is 0 Å². The monoisotopic (exact) mass is 520 g/mol. The van der Waals surface area contributed by atoms with E-state index in [2.05, 4.69) is 15.2 Å². The van der Waals surface area contributed by atoms with Gasteiger partial charge in [0.25, 0.3) is 0 Å². The van der Waals surface area contributed by atoms with Gasteiger partial charge in [-0.1, -0.05) is 30.9 Å². The number of carbonyl (C=O) groups is 2. The summed E-state index contributed by atoms with van der Waals surface area (Å²) in [5, 5.41) is 4.49. The zero-order valence-electron chi connectivity index (χ0n) is 20.2. The van der Waals surface area contributed by atoms with Crippen molar-refractivity contribution in [3.63, 3.8) is 0 Å². The van der Waals surface area contributed by atoms with Gasteiger partial charge in [0.05, 0.1) is 0 Å². The second-order valence-electron chi connectivity index (χ2n) is 9.36. The van der Waals surface area contributed by atoms with E-state index in [1.165, 1.54) is 19.0 Å². The molecule has 1 aliphatic heterocycles. The van der Waals surface area contributed by atoms with Crippen LogP contribution in [0.25, 0.3) is 0 Å². The molecule has 1 saturated carbocycles. The first-order valence-corrected chi connectivity index (χ1v) is 13.4. The van der Waals surface area contributed by atoms with Crippen LogP contribution in [0.2, 0.25) is 10.0 Å². The van der Waals surface area contributed by atoms with Gasteiger partial charge in [0, 0.05) is 12.0 Å². The first-order valence-electron chi connectivity index (χ1n) is 12.6. The number of aldehydes is 1. The zero-order valence-corrected chi connectivity index (χ0v) is 21.7. The summed E-state index contributed by atoms with van der Waals surface area (Å²) in [5.74, 6) is 0.156. The van der Waals surface area contributed by atoms with Crippen LogP contribution in [0.1, 0.15) is 44.1 Å². The van der Waals surface area contributed by atoms with Crippen LogP contribution >= 0.6 is 23.2 Å². The van der Waals surface area contributed by atoms with E-state index in [1.54, 1.807) is 12.1 Å². The molecule has 1 aromatic rings. The molecule has 10 heteroatoms. The van der Waals surface area contributed by atoms with E-state index >= 15 is 0 Å². The van der Waals surface area contributed by atoms with Crippen molar-refractivity contribution in [1.29, 1.82) is 0 Å². The van der Waals surface area contributed by atoms with E-state index in [4.69, 9.17) is 23.2 Å². The van der Waals surface area contributed by atoms with Gasteiger partial charge in [-0.25, -0.2) is 0 Å². The minimum atomic E-state index is -0.420. The normalized spacial score (nSPS) is 22.5. The molecule has 1 saturated heterocycles. The molecule has 0 bridgehead atoms. The minimum absolute atomic E-state index is 0.0554. The van der Waals surface area contributed by atoms with Gasteiger partial charge in [0.1, 0.15) is 6.29 Å². The molecule has 1 N–H and O–H groups in total. The third-order valence-electron chi connectivity index (χ3n) is 7.06. The zero-order chi connectivity index (χ0) is 25.0. The van der Waals surface area contributed by atoms with Gasteiger partial charge in [-0.15, -0.1) is 0 Å². The molecule has 2 aliphatic rings. The van der Waals surface area contributed by atoms with Crippen molar-refractivity contribution >= 4 is 48.7 Å². The molecule has 3 atom stereocenters. The molecule has 1 aromatic carbocycles. The Morgan fingerprint density at radius 2 is 1.94 bits per heavy atom. The quantitative estimate of drug-likeness (QED) is 0.159. The number of nitrogens with one attached hydrogen (secondary N) is 1. The maximum absolute atomic E-state index is 13.5. The molecular weight excluding hydrogens is 486 g/mol. The summed E-state index contributed by atoms with van der Waals surface area (Å²) < 4.78 is 10.4. The molecule has 3 rings (SSSR count). The fraction of sp³-hybridized carbons (Fsp3) is 0.640. The van der Waals surface area contributed by atoms with Gasteiger partial charge in [0.2, 0.25) is 0 Å². The Balaban J connectivity index is 1.62. The van der Waals surface area contributed by atoms with E-state index in [0.29, 0.717) is 62.3 Å². The van der Waals surface area contributed by atoms with E-state index in [0.717, 1.165) is 44.2 Å². The first kappa shape index (κ1) is 28.0. The van der Waals surface area contributed by atoms with Crippen molar-refractivity contribution in [2.75, 3.05) is 39.3 Å². The van der Waals surface area contributed by atoms with Crippen molar-refractivity contribution in [1.82, 2.24) is 15.1 Å². The molecule has 0 spiro atoms. The van der Waals surface area contributed by atoms with Crippen LogP contribution in [-0.4, -0.2) is 86.6 Å².